The van der Waals surface area contributed by atoms with Gasteiger partial charge in [-0.3, -0.25) is 4.57 Å². The van der Waals surface area contributed by atoms with Crippen LogP contribution in [0.5, 0.6) is 0 Å². The number of imidazole rings is 1. The minimum Gasteiger partial charge on any atom is -0.387 e. The summed E-state index contributed by atoms with van der Waals surface area (Å²) in [5, 5.41) is 28.4. The highest BCUT2D eigenvalue weighted by molar-refractivity contribution is 5.81. The summed E-state index contributed by atoms with van der Waals surface area (Å²) in [5.74, 6) is 0.142. The van der Waals surface area contributed by atoms with Crippen LogP contribution in [0.25, 0.3) is 11.2 Å². The first-order valence-electron chi connectivity index (χ1n) is 5.77. The third-order valence-corrected chi connectivity index (χ3v) is 3.21. The molecule has 0 spiro atoms. The van der Waals surface area contributed by atoms with Crippen LogP contribution >= 0.6 is 0 Å². The molecule has 108 valence electrons. The molecule has 0 amide bonds. The molecule has 1 aliphatic heterocycles. The molecule has 0 bridgehead atoms. The van der Waals surface area contributed by atoms with Gasteiger partial charge in [-0.1, -0.05) is 0 Å². The first-order chi connectivity index (χ1) is 9.50. The Morgan fingerprint density at radius 2 is 2.05 bits per heavy atom. The number of nitrogens with two attached hydrogens (primary N) is 1. The Morgan fingerprint density at radius 3 is 2.70 bits per heavy atom. The van der Waals surface area contributed by atoms with E-state index < -0.39 is 30.9 Å². The van der Waals surface area contributed by atoms with E-state index in [1.807, 2.05) is 0 Å². The first kappa shape index (κ1) is 13.1. The maximum atomic E-state index is 12.9. The lowest BCUT2D eigenvalue weighted by molar-refractivity contribution is -0.130. The Hall–Kier alpha value is -1.88. The number of halogens is 1. The fourth-order valence-electron chi connectivity index (χ4n) is 2.20. The van der Waals surface area contributed by atoms with Gasteiger partial charge >= 0.3 is 0 Å². The van der Waals surface area contributed by atoms with Gasteiger partial charge in [0.15, 0.2) is 17.7 Å². The van der Waals surface area contributed by atoms with Crippen LogP contribution in [0, 0.1) is 0 Å². The molecular weight excluding hydrogens is 272 g/mol. The number of anilines is 1. The zero-order chi connectivity index (χ0) is 14.4. The molecule has 10 heteroatoms. The van der Waals surface area contributed by atoms with Crippen LogP contribution in [0.4, 0.5) is 10.2 Å². The van der Waals surface area contributed by atoms with E-state index in [9.17, 15) is 14.6 Å². The average molecular weight is 284 g/mol. The molecule has 3 heterocycles. The second-order valence-electron chi connectivity index (χ2n) is 4.43. The van der Waals surface area contributed by atoms with Gasteiger partial charge in [0.2, 0.25) is 6.36 Å². The number of rotatable bonds is 2. The van der Waals surface area contributed by atoms with Crippen LogP contribution in [0.3, 0.4) is 0 Å². The van der Waals surface area contributed by atoms with Crippen molar-refractivity contribution in [3.8, 4) is 0 Å². The van der Waals surface area contributed by atoms with E-state index in [0.29, 0.717) is 5.52 Å². The summed E-state index contributed by atoms with van der Waals surface area (Å²) in [6.45, 7) is 0. The number of nitrogen functional groups attached to an aromatic ring is 1. The van der Waals surface area contributed by atoms with Gasteiger partial charge in [-0.05, 0) is 0 Å². The van der Waals surface area contributed by atoms with Gasteiger partial charge in [0.05, 0.1) is 6.33 Å². The van der Waals surface area contributed by atoms with Crippen LogP contribution in [-0.2, 0) is 4.74 Å². The molecule has 1 unspecified atom stereocenters. The van der Waals surface area contributed by atoms with Crippen LogP contribution in [0.1, 0.15) is 6.23 Å². The number of hydrogen-bond acceptors (Lipinski definition) is 8. The van der Waals surface area contributed by atoms with Crippen LogP contribution < -0.4 is 5.73 Å². The number of alkyl halides is 1. The van der Waals surface area contributed by atoms with Crippen molar-refractivity contribution in [1.82, 2.24) is 19.5 Å². The Balaban J connectivity index is 2.02. The van der Waals surface area contributed by atoms with Crippen molar-refractivity contribution >= 4 is 17.0 Å². The number of aliphatic hydroxyl groups excluding tert-OH is 3. The van der Waals surface area contributed by atoms with Gasteiger partial charge in [-0.2, -0.15) is 0 Å². The van der Waals surface area contributed by atoms with E-state index in [1.54, 1.807) is 0 Å². The SMILES string of the molecule is Nc1ncnc2c1ncn2[C@@H]1O[C@H](C(O)[18F])[C@@H](O)[C@H]1O. The van der Waals surface area contributed by atoms with Crippen LogP contribution in [0.15, 0.2) is 12.7 Å². The molecule has 1 fully saturated rings. The Morgan fingerprint density at radius 1 is 1.30 bits per heavy atom. The summed E-state index contributed by atoms with van der Waals surface area (Å²) < 4.78 is 19.3. The summed E-state index contributed by atoms with van der Waals surface area (Å²) in [7, 11) is 0. The third-order valence-electron chi connectivity index (χ3n) is 3.21. The third kappa shape index (κ3) is 1.81. The number of aromatic nitrogens is 4. The van der Waals surface area contributed by atoms with E-state index in [-0.39, 0.29) is 11.5 Å². The molecule has 2 aromatic rings. The molecule has 3 rings (SSSR count). The van der Waals surface area contributed by atoms with Crippen LogP contribution in [-0.4, -0.2) is 59.5 Å². The zero-order valence-corrected chi connectivity index (χ0v) is 10.0. The minimum atomic E-state index is -2.42. The highest BCUT2D eigenvalue weighted by atomic mass is 18.2. The summed E-state index contributed by atoms with van der Waals surface area (Å²) in [4.78, 5) is 11.7. The minimum absolute atomic E-state index is 0.142. The van der Waals surface area contributed by atoms with Crippen molar-refractivity contribution < 1.29 is 24.4 Å². The molecule has 0 aliphatic carbocycles. The van der Waals surface area contributed by atoms with Gasteiger partial charge in [-0.15, -0.1) is 0 Å². The summed E-state index contributed by atoms with van der Waals surface area (Å²) in [6, 6.07) is 0. The molecular formula is C10H12FN5O4. The predicted molar refractivity (Wildman–Crippen MR) is 62.8 cm³/mol. The maximum Gasteiger partial charge on any atom is 0.225 e. The Labute approximate surface area is 111 Å². The molecule has 2 aromatic heterocycles. The second kappa shape index (κ2) is 4.59. The van der Waals surface area contributed by atoms with Crippen molar-refractivity contribution in [1.29, 1.82) is 0 Å². The lowest BCUT2D eigenvalue weighted by atomic mass is 10.1. The summed E-state index contributed by atoms with van der Waals surface area (Å²) >= 11 is 0. The summed E-state index contributed by atoms with van der Waals surface area (Å²) in [5.41, 5.74) is 6.19. The van der Waals surface area contributed by atoms with E-state index in [1.165, 1.54) is 17.2 Å². The lowest BCUT2D eigenvalue weighted by Gasteiger charge is -2.16. The molecule has 9 nitrogen and oxygen atoms in total. The average Bonchev–Trinajstić information content (AvgIpc) is 2.94. The number of fused-ring (bicyclic) bond motifs is 1. The lowest BCUT2D eigenvalue weighted by Crippen LogP contribution is -2.36. The summed E-state index contributed by atoms with van der Waals surface area (Å²) in [6.07, 6.45) is -5.64. The molecule has 5 N–H and O–H groups in total. The molecule has 0 aromatic carbocycles. The highest BCUT2D eigenvalue weighted by Crippen LogP contribution is 2.33. The molecule has 20 heavy (non-hydrogen) atoms. The van der Waals surface area contributed by atoms with Crippen molar-refractivity contribution in [3.63, 3.8) is 0 Å². The second-order valence-corrected chi connectivity index (χ2v) is 4.43. The first-order valence-corrected chi connectivity index (χ1v) is 5.77. The van der Waals surface area contributed by atoms with E-state index >= 15 is 0 Å². The largest absolute Gasteiger partial charge is 0.387 e. The molecule has 0 saturated carbocycles. The Kier molecular flexibility index (Phi) is 3.01. The molecule has 5 atom stereocenters. The number of nitrogens with zero attached hydrogens (tertiary/aromatic N) is 4. The van der Waals surface area contributed by atoms with E-state index in [2.05, 4.69) is 15.0 Å². The van der Waals surface area contributed by atoms with Gasteiger partial charge in [0, 0.05) is 0 Å². The Bertz CT molecular complexity index is 635. The number of aliphatic hydroxyl groups is 3. The normalized spacial score (nSPS) is 31.8. The highest BCUT2D eigenvalue weighted by Gasteiger charge is 2.47. The van der Waals surface area contributed by atoms with Crippen molar-refractivity contribution in [2.45, 2.75) is 30.9 Å². The predicted octanol–water partition coefficient (Wildman–Crippen LogP) is -1.68. The van der Waals surface area contributed by atoms with E-state index in [4.69, 9.17) is 15.6 Å². The molecule has 1 aliphatic rings. The fraction of sp³-hybridized carbons (Fsp3) is 0.500. The topological polar surface area (TPSA) is 140 Å². The van der Waals surface area contributed by atoms with Crippen molar-refractivity contribution in [3.05, 3.63) is 12.7 Å². The van der Waals surface area contributed by atoms with Gasteiger partial charge in [-0.25, -0.2) is 19.3 Å². The van der Waals surface area contributed by atoms with Gasteiger partial charge in [0.25, 0.3) is 0 Å². The van der Waals surface area contributed by atoms with E-state index in [0.717, 1.165) is 0 Å². The smallest absolute Gasteiger partial charge is 0.225 e. The maximum absolute atomic E-state index is 12.9. The zero-order valence-electron chi connectivity index (χ0n) is 10.0. The standard InChI is InChI=1S/C10H12FN5O4/c11-7(19)6-4(17)5(18)10(20-6)16-2-15-3-8(12)13-1-14-9(3)16/h1-2,4-7,10,17-19H,(H2,12,13,14)/t4-,5+,6-,7?,10+/m0/s1/i11-1. The quantitative estimate of drug-likeness (QED) is 0.512. The monoisotopic (exact) mass is 284 g/mol. The fourth-order valence-corrected chi connectivity index (χ4v) is 2.20. The van der Waals surface area contributed by atoms with Gasteiger partial charge in [0.1, 0.15) is 30.2 Å². The van der Waals surface area contributed by atoms with Crippen LogP contribution in [0.2, 0.25) is 0 Å². The molecule has 0 radical (unpaired) electrons. The number of ether oxygens (including phenoxy) is 1. The van der Waals surface area contributed by atoms with Crippen molar-refractivity contribution in [2.75, 3.05) is 5.73 Å². The van der Waals surface area contributed by atoms with Gasteiger partial charge < -0.3 is 25.8 Å². The number of hydrogen-bond donors (Lipinski definition) is 4. The van der Waals surface area contributed by atoms with Crippen molar-refractivity contribution in [2.24, 2.45) is 0 Å². The molecule has 1 saturated heterocycles.